The first-order valence-electron chi connectivity index (χ1n) is 3.81. The van der Waals surface area contributed by atoms with Crippen LogP contribution in [0.4, 0.5) is 0 Å². The Bertz CT molecular complexity index is 236. The molecule has 0 aliphatic carbocycles. The molecule has 0 aromatic carbocycles. The highest BCUT2D eigenvalue weighted by atomic mass is 14.6. The lowest BCUT2D eigenvalue weighted by atomic mass is 9.98. The summed E-state index contributed by atoms with van der Waals surface area (Å²) in [6.45, 7) is 8.28. The number of nitrogens with zero attached hydrogens (tertiary/aromatic N) is 1. The van der Waals surface area contributed by atoms with Crippen LogP contribution in [0, 0.1) is 5.92 Å². The van der Waals surface area contributed by atoms with E-state index in [1.165, 1.54) is 11.1 Å². The summed E-state index contributed by atoms with van der Waals surface area (Å²) in [6, 6.07) is 3.98. The molecular formula is C10H13N. The second-order valence-electron chi connectivity index (χ2n) is 2.92. The fourth-order valence-electron chi connectivity index (χ4n) is 0.899. The average Bonchev–Trinajstić information content (AvgIpc) is 2.05. The second-order valence-corrected chi connectivity index (χ2v) is 2.92. The number of hydrogen-bond donors (Lipinski definition) is 0. The summed E-state index contributed by atoms with van der Waals surface area (Å²) in [7, 11) is 0. The van der Waals surface area contributed by atoms with E-state index < -0.39 is 0 Å². The third-order valence-electron chi connectivity index (χ3n) is 1.75. The lowest BCUT2D eigenvalue weighted by Crippen LogP contribution is -1.91. The van der Waals surface area contributed by atoms with Crippen LogP contribution in [0.1, 0.15) is 19.4 Å². The molecular weight excluding hydrogens is 134 g/mol. The Labute approximate surface area is 67.8 Å². The summed E-state index contributed by atoms with van der Waals surface area (Å²) in [6.07, 6.45) is 3.59. The van der Waals surface area contributed by atoms with Crippen LogP contribution < -0.4 is 0 Å². The zero-order valence-corrected chi connectivity index (χ0v) is 7.04. The Kier molecular flexibility index (Phi) is 2.42. The van der Waals surface area contributed by atoms with Crippen LogP contribution in [0.2, 0.25) is 0 Å². The van der Waals surface area contributed by atoms with Gasteiger partial charge in [-0.1, -0.05) is 20.4 Å². The predicted octanol–water partition coefficient (Wildman–Crippen LogP) is 2.75. The van der Waals surface area contributed by atoms with E-state index in [9.17, 15) is 0 Å². The molecule has 0 saturated heterocycles. The van der Waals surface area contributed by atoms with E-state index in [0.717, 1.165) is 0 Å². The third-order valence-corrected chi connectivity index (χ3v) is 1.75. The molecule has 1 heteroatoms. The van der Waals surface area contributed by atoms with Crippen LogP contribution in [0.15, 0.2) is 31.1 Å². The number of hydrogen-bond acceptors (Lipinski definition) is 1. The number of aromatic nitrogens is 1. The number of rotatable bonds is 2. The molecule has 1 aromatic heterocycles. The molecule has 0 saturated carbocycles. The van der Waals surface area contributed by atoms with Gasteiger partial charge in [0, 0.05) is 12.4 Å². The molecule has 0 N–H and O–H groups in total. The van der Waals surface area contributed by atoms with Gasteiger partial charge in [0.05, 0.1) is 0 Å². The maximum atomic E-state index is 4.00. The molecule has 0 bridgehead atoms. The number of pyridine rings is 1. The quantitative estimate of drug-likeness (QED) is 0.626. The standard InChI is InChI=1S/C10H13N/c1-8(2)9(3)10-4-6-11-7-5-10/h4-8H,3H2,1-2H3. The number of allylic oxidation sites excluding steroid dienone is 1. The maximum absolute atomic E-state index is 4.00. The molecule has 0 aliphatic rings. The SMILES string of the molecule is C=C(c1ccncc1)C(C)C. The first-order valence-corrected chi connectivity index (χ1v) is 3.81. The van der Waals surface area contributed by atoms with Gasteiger partial charge >= 0.3 is 0 Å². The van der Waals surface area contributed by atoms with E-state index in [2.05, 4.69) is 25.4 Å². The van der Waals surface area contributed by atoms with E-state index in [4.69, 9.17) is 0 Å². The van der Waals surface area contributed by atoms with Gasteiger partial charge in [-0.05, 0) is 29.2 Å². The summed E-state index contributed by atoms with van der Waals surface area (Å²) < 4.78 is 0. The van der Waals surface area contributed by atoms with Gasteiger partial charge in [0.15, 0.2) is 0 Å². The Morgan fingerprint density at radius 1 is 1.36 bits per heavy atom. The summed E-state index contributed by atoms with van der Waals surface area (Å²) in [5.41, 5.74) is 2.36. The van der Waals surface area contributed by atoms with E-state index in [0.29, 0.717) is 5.92 Å². The molecule has 1 rings (SSSR count). The van der Waals surface area contributed by atoms with Crippen molar-refractivity contribution in [3.63, 3.8) is 0 Å². The summed E-state index contributed by atoms with van der Waals surface area (Å²) in [5, 5.41) is 0. The van der Waals surface area contributed by atoms with E-state index in [1.54, 1.807) is 12.4 Å². The molecule has 1 nitrogen and oxygen atoms in total. The Morgan fingerprint density at radius 3 is 2.36 bits per heavy atom. The van der Waals surface area contributed by atoms with Crippen molar-refractivity contribution in [1.82, 2.24) is 4.98 Å². The molecule has 1 aromatic rings. The zero-order chi connectivity index (χ0) is 8.27. The van der Waals surface area contributed by atoms with Gasteiger partial charge in [-0.2, -0.15) is 0 Å². The van der Waals surface area contributed by atoms with Gasteiger partial charge in [0.1, 0.15) is 0 Å². The van der Waals surface area contributed by atoms with Gasteiger partial charge in [-0.25, -0.2) is 0 Å². The highest BCUT2D eigenvalue weighted by molar-refractivity contribution is 5.63. The largest absolute Gasteiger partial charge is 0.265 e. The molecule has 11 heavy (non-hydrogen) atoms. The maximum Gasteiger partial charge on any atom is 0.0273 e. The Hall–Kier alpha value is -1.11. The molecule has 0 atom stereocenters. The second kappa shape index (κ2) is 3.33. The van der Waals surface area contributed by atoms with Crippen LogP contribution >= 0.6 is 0 Å². The zero-order valence-electron chi connectivity index (χ0n) is 7.04. The van der Waals surface area contributed by atoms with Crippen LogP contribution in [0.25, 0.3) is 5.57 Å². The van der Waals surface area contributed by atoms with Gasteiger partial charge in [0.25, 0.3) is 0 Å². The minimum absolute atomic E-state index is 0.511. The van der Waals surface area contributed by atoms with Crippen molar-refractivity contribution in [2.75, 3.05) is 0 Å². The first-order chi connectivity index (χ1) is 5.22. The van der Waals surface area contributed by atoms with E-state index in [-0.39, 0.29) is 0 Å². The van der Waals surface area contributed by atoms with Gasteiger partial charge in [0.2, 0.25) is 0 Å². The molecule has 0 amide bonds. The lowest BCUT2D eigenvalue weighted by Gasteiger charge is -2.07. The minimum atomic E-state index is 0.511. The topological polar surface area (TPSA) is 12.9 Å². The summed E-state index contributed by atoms with van der Waals surface area (Å²) in [4.78, 5) is 3.95. The Balaban J connectivity index is 2.86. The molecule has 0 spiro atoms. The smallest absolute Gasteiger partial charge is 0.0273 e. The van der Waals surface area contributed by atoms with Crippen molar-refractivity contribution < 1.29 is 0 Å². The van der Waals surface area contributed by atoms with Crippen molar-refractivity contribution in [3.05, 3.63) is 36.7 Å². The average molecular weight is 147 g/mol. The normalized spacial score (nSPS) is 10.1. The summed E-state index contributed by atoms with van der Waals surface area (Å²) >= 11 is 0. The highest BCUT2D eigenvalue weighted by Crippen LogP contribution is 2.19. The molecule has 0 unspecified atom stereocenters. The van der Waals surface area contributed by atoms with Crippen molar-refractivity contribution in [3.8, 4) is 0 Å². The van der Waals surface area contributed by atoms with E-state index in [1.807, 2.05) is 12.1 Å². The van der Waals surface area contributed by atoms with Crippen LogP contribution in [0.5, 0.6) is 0 Å². The molecule has 0 aliphatic heterocycles. The molecule has 0 radical (unpaired) electrons. The van der Waals surface area contributed by atoms with Crippen molar-refractivity contribution in [1.29, 1.82) is 0 Å². The van der Waals surface area contributed by atoms with Gasteiger partial charge in [-0.3, -0.25) is 4.98 Å². The minimum Gasteiger partial charge on any atom is -0.265 e. The van der Waals surface area contributed by atoms with Crippen molar-refractivity contribution in [2.45, 2.75) is 13.8 Å². The van der Waals surface area contributed by atoms with Crippen LogP contribution in [-0.4, -0.2) is 4.98 Å². The van der Waals surface area contributed by atoms with Gasteiger partial charge in [-0.15, -0.1) is 0 Å². The van der Waals surface area contributed by atoms with Crippen LogP contribution in [0.3, 0.4) is 0 Å². The highest BCUT2D eigenvalue weighted by Gasteiger charge is 2.01. The monoisotopic (exact) mass is 147 g/mol. The molecule has 0 fully saturated rings. The molecule has 1 heterocycles. The summed E-state index contributed by atoms with van der Waals surface area (Å²) in [5.74, 6) is 0.511. The fraction of sp³-hybridized carbons (Fsp3) is 0.300. The van der Waals surface area contributed by atoms with Gasteiger partial charge < -0.3 is 0 Å². The van der Waals surface area contributed by atoms with Crippen molar-refractivity contribution >= 4 is 5.57 Å². The lowest BCUT2D eigenvalue weighted by molar-refractivity contribution is 0.857. The molecule has 58 valence electrons. The van der Waals surface area contributed by atoms with Crippen LogP contribution in [-0.2, 0) is 0 Å². The van der Waals surface area contributed by atoms with E-state index >= 15 is 0 Å². The third kappa shape index (κ3) is 1.90. The fourth-order valence-corrected chi connectivity index (χ4v) is 0.899. The Morgan fingerprint density at radius 2 is 1.91 bits per heavy atom. The first kappa shape index (κ1) is 7.99. The predicted molar refractivity (Wildman–Crippen MR) is 48.1 cm³/mol. The van der Waals surface area contributed by atoms with Crippen molar-refractivity contribution in [2.24, 2.45) is 5.92 Å².